The van der Waals surface area contributed by atoms with Crippen molar-refractivity contribution < 1.29 is 19.0 Å². The molecule has 0 radical (unpaired) electrons. The predicted molar refractivity (Wildman–Crippen MR) is 113 cm³/mol. The van der Waals surface area contributed by atoms with Crippen molar-refractivity contribution in [2.24, 2.45) is 0 Å². The van der Waals surface area contributed by atoms with Gasteiger partial charge in [0.25, 0.3) is 5.91 Å². The Labute approximate surface area is 175 Å². The number of hydrogen-bond acceptors (Lipinski definition) is 6. The fourth-order valence-corrected chi connectivity index (χ4v) is 3.65. The maximum atomic E-state index is 12.7. The van der Waals surface area contributed by atoms with Crippen molar-refractivity contribution in [3.63, 3.8) is 0 Å². The minimum atomic E-state index is -0.208. The zero-order chi connectivity index (χ0) is 20.8. The Hall–Kier alpha value is -3.19. The largest absolute Gasteiger partial charge is 0.497 e. The van der Waals surface area contributed by atoms with E-state index < -0.39 is 0 Å². The molecule has 0 aliphatic carbocycles. The van der Waals surface area contributed by atoms with Gasteiger partial charge in [0, 0.05) is 31.0 Å². The number of pyridine rings is 2. The first-order valence-electron chi connectivity index (χ1n) is 10.1. The van der Waals surface area contributed by atoms with Gasteiger partial charge in [0.15, 0.2) is 0 Å². The van der Waals surface area contributed by atoms with Crippen molar-refractivity contribution >= 4 is 16.8 Å². The summed E-state index contributed by atoms with van der Waals surface area (Å²) in [5.41, 5.74) is 2.32. The van der Waals surface area contributed by atoms with Crippen LogP contribution < -0.4 is 14.8 Å². The number of amides is 1. The molecule has 2 aromatic heterocycles. The lowest BCUT2D eigenvalue weighted by Crippen LogP contribution is -2.29. The number of benzene rings is 1. The van der Waals surface area contributed by atoms with Crippen LogP contribution in [0.5, 0.6) is 11.5 Å². The number of fused-ring (bicyclic) bond motifs is 1. The maximum Gasteiger partial charge on any atom is 0.270 e. The van der Waals surface area contributed by atoms with E-state index in [1.807, 2.05) is 42.6 Å². The van der Waals surface area contributed by atoms with Crippen LogP contribution in [0, 0.1) is 0 Å². The van der Waals surface area contributed by atoms with E-state index in [-0.39, 0.29) is 5.91 Å². The highest BCUT2D eigenvalue weighted by Crippen LogP contribution is 2.32. The second-order valence-electron chi connectivity index (χ2n) is 7.16. The first-order valence-corrected chi connectivity index (χ1v) is 10.1. The Morgan fingerprint density at radius 3 is 2.70 bits per heavy atom. The topological polar surface area (TPSA) is 82.6 Å². The van der Waals surface area contributed by atoms with Gasteiger partial charge in [0.2, 0.25) is 0 Å². The van der Waals surface area contributed by atoms with Crippen molar-refractivity contribution in [1.82, 2.24) is 15.3 Å². The fourth-order valence-electron chi connectivity index (χ4n) is 3.65. The van der Waals surface area contributed by atoms with Crippen LogP contribution >= 0.6 is 0 Å². The predicted octanol–water partition coefficient (Wildman–Crippen LogP) is 3.34. The minimum absolute atomic E-state index is 0.208. The molecule has 0 spiro atoms. The van der Waals surface area contributed by atoms with E-state index >= 15 is 0 Å². The Morgan fingerprint density at radius 1 is 1.17 bits per heavy atom. The van der Waals surface area contributed by atoms with E-state index in [2.05, 4.69) is 15.3 Å². The zero-order valence-corrected chi connectivity index (χ0v) is 17.0. The van der Waals surface area contributed by atoms with Gasteiger partial charge in [0.1, 0.15) is 23.8 Å². The van der Waals surface area contributed by atoms with Crippen LogP contribution in [0.2, 0.25) is 0 Å². The van der Waals surface area contributed by atoms with E-state index in [1.54, 1.807) is 13.3 Å². The van der Waals surface area contributed by atoms with Gasteiger partial charge in [0.05, 0.1) is 19.2 Å². The molecule has 3 aromatic rings. The van der Waals surface area contributed by atoms with Gasteiger partial charge < -0.3 is 19.5 Å². The highest BCUT2D eigenvalue weighted by molar-refractivity contribution is 5.96. The average molecular weight is 407 g/mol. The molecule has 7 nitrogen and oxygen atoms in total. The van der Waals surface area contributed by atoms with E-state index in [0.29, 0.717) is 24.8 Å². The molecule has 30 heavy (non-hydrogen) atoms. The molecule has 0 unspecified atom stereocenters. The average Bonchev–Trinajstić information content (AvgIpc) is 2.82. The molecular formula is C23H25N3O4. The molecule has 4 rings (SSSR count). The number of rotatable bonds is 7. The highest BCUT2D eigenvalue weighted by Gasteiger charge is 2.21. The Kier molecular flexibility index (Phi) is 6.39. The summed E-state index contributed by atoms with van der Waals surface area (Å²) in [6.45, 7) is 2.22. The Morgan fingerprint density at radius 2 is 1.93 bits per heavy atom. The number of nitrogens with zero attached hydrogens (tertiary/aromatic N) is 2. The molecule has 1 amide bonds. The lowest BCUT2D eigenvalue weighted by molar-refractivity contribution is 0.0855. The number of methoxy groups -OCH3 is 1. The summed E-state index contributed by atoms with van der Waals surface area (Å²) in [6.07, 6.45) is 5.40. The third-order valence-electron chi connectivity index (χ3n) is 5.25. The summed E-state index contributed by atoms with van der Waals surface area (Å²) in [5, 5.41) is 3.90. The molecule has 1 fully saturated rings. The summed E-state index contributed by atoms with van der Waals surface area (Å²) in [6, 6.07) is 11.1. The molecule has 1 N–H and O–H groups in total. The second-order valence-corrected chi connectivity index (χ2v) is 7.16. The zero-order valence-electron chi connectivity index (χ0n) is 17.0. The molecule has 3 heterocycles. The second kappa shape index (κ2) is 9.54. The Bertz CT molecular complexity index is 1000. The quantitative estimate of drug-likeness (QED) is 0.605. The summed E-state index contributed by atoms with van der Waals surface area (Å²) < 4.78 is 16.3. The van der Waals surface area contributed by atoms with Crippen LogP contribution in [0.1, 0.15) is 34.8 Å². The standard InChI is InChI=1S/C23H25N3O4/c1-28-17-2-4-18(5-3-17)30-13-10-25-23(27)22-14-19(16-7-11-29-12-8-16)20-15-24-9-6-21(20)26-22/h2-6,9,14-16H,7-8,10-13H2,1H3,(H,25,27). The van der Waals surface area contributed by atoms with Gasteiger partial charge in [-0.1, -0.05) is 0 Å². The van der Waals surface area contributed by atoms with Gasteiger partial charge in [-0.3, -0.25) is 9.78 Å². The van der Waals surface area contributed by atoms with Crippen LogP contribution in [0.3, 0.4) is 0 Å². The molecule has 0 saturated carbocycles. The van der Waals surface area contributed by atoms with Gasteiger partial charge in [-0.05, 0) is 60.7 Å². The maximum absolute atomic E-state index is 12.7. The number of carbonyl (C=O) groups is 1. The summed E-state index contributed by atoms with van der Waals surface area (Å²) >= 11 is 0. The van der Waals surface area contributed by atoms with Crippen LogP contribution in [0.25, 0.3) is 10.9 Å². The van der Waals surface area contributed by atoms with Gasteiger partial charge >= 0.3 is 0 Å². The van der Waals surface area contributed by atoms with Crippen LogP contribution in [-0.4, -0.2) is 49.4 Å². The van der Waals surface area contributed by atoms with E-state index in [4.69, 9.17) is 14.2 Å². The number of nitrogens with one attached hydrogen (secondary N) is 1. The lowest BCUT2D eigenvalue weighted by atomic mass is 9.89. The summed E-state index contributed by atoms with van der Waals surface area (Å²) in [4.78, 5) is 21.5. The Balaban J connectivity index is 1.42. The van der Waals surface area contributed by atoms with Crippen molar-refractivity contribution in [2.45, 2.75) is 18.8 Å². The van der Waals surface area contributed by atoms with Gasteiger partial charge in [-0.15, -0.1) is 0 Å². The third-order valence-corrected chi connectivity index (χ3v) is 5.25. The van der Waals surface area contributed by atoms with E-state index in [9.17, 15) is 4.79 Å². The SMILES string of the molecule is COc1ccc(OCCNC(=O)c2cc(C3CCOCC3)c3cnccc3n2)cc1. The van der Waals surface area contributed by atoms with E-state index in [1.165, 1.54) is 0 Å². The first-order chi connectivity index (χ1) is 14.7. The summed E-state index contributed by atoms with van der Waals surface area (Å²) in [5.74, 6) is 1.63. The monoisotopic (exact) mass is 407 g/mol. The summed E-state index contributed by atoms with van der Waals surface area (Å²) in [7, 11) is 1.62. The third kappa shape index (κ3) is 4.68. The number of aromatic nitrogens is 2. The van der Waals surface area contributed by atoms with Crippen molar-refractivity contribution in [3.8, 4) is 11.5 Å². The number of hydrogen-bond donors (Lipinski definition) is 1. The molecule has 0 bridgehead atoms. The molecular weight excluding hydrogens is 382 g/mol. The molecule has 1 aromatic carbocycles. The smallest absolute Gasteiger partial charge is 0.270 e. The minimum Gasteiger partial charge on any atom is -0.497 e. The molecule has 7 heteroatoms. The van der Waals surface area contributed by atoms with Gasteiger partial charge in [-0.2, -0.15) is 0 Å². The molecule has 156 valence electrons. The molecule has 1 aliphatic rings. The van der Waals surface area contributed by atoms with Crippen molar-refractivity contribution in [3.05, 3.63) is 60.0 Å². The highest BCUT2D eigenvalue weighted by atomic mass is 16.5. The van der Waals surface area contributed by atoms with Crippen LogP contribution in [0.4, 0.5) is 0 Å². The van der Waals surface area contributed by atoms with Gasteiger partial charge in [-0.25, -0.2) is 4.98 Å². The van der Waals surface area contributed by atoms with Crippen molar-refractivity contribution in [2.75, 3.05) is 33.5 Å². The molecule has 0 atom stereocenters. The van der Waals surface area contributed by atoms with E-state index in [0.717, 1.165) is 54.0 Å². The fraction of sp³-hybridized carbons (Fsp3) is 0.348. The molecule has 1 saturated heterocycles. The normalized spacial score (nSPS) is 14.4. The number of carbonyl (C=O) groups excluding carboxylic acids is 1. The van der Waals surface area contributed by atoms with Crippen LogP contribution in [-0.2, 0) is 4.74 Å². The van der Waals surface area contributed by atoms with Crippen molar-refractivity contribution in [1.29, 1.82) is 0 Å². The molecule has 1 aliphatic heterocycles. The van der Waals surface area contributed by atoms with Crippen LogP contribution in [0.15, 0.2) is 48.8 Å². The lowest BCUT2D eigenvalue weighted by Gasteiger charge is -2.24. The first kappa shape index (κ1) is 20.1. The number of ether oxygens (including phenoxy) is 3.